The van der Waals surface area contributed by atoms with Crippen LogP contribution < -0.4 is 4.89 Å². The van der Waals surface area contributed by atoms with Crippen LogP contribution in [0.4, 0.5) is 0 Å². The molecule has 0 N–H and O–H groups in total. The zero-order valence-electron chi connectivity index (χ0n) is 49.0. The maximum absolute atomic E-state index is 12.7. The lowest BCUT2D eigenvalue weighted by atomic mass is 10.0. The smallest absolute Gasteiger partial charge is 0.306 e. The molecule has 0 radical (unpaired) electrons. The van der Waals surface area contributed by atoms with E-state index in [-0.39, 0.29) is 26.1 Å². The number of rotatable bonds is 57. The number of hydrogen-bond donors (Lipinski definition) is 0. The number of phosphoric acid groups is 1. The molecule has 0 saturated carbocycles. The van der Waals surface area contributed by atoms with Crippen molar-refractivity contribution in [3.63, 3.8) is 0 Å². The second kappa shape index (κ2) is 55.5. The van der Waals surface area contributed by atoms with Gasteiger partial charge in [0.15, 0.2) is 6.10 Å². The number of esters is 2. The maximum Gasteiger partial charge on any atom is 0.306 e. The summed E-state index contributed by atoms with van der Waals surface area (Å²) in [6.07, 6.45) is 71.7. The Morgan fingerprint density at radius 1 is 0.432 bits per heavy atom. The van der Waals surface area contributed by atoms with Gasteiger partial charge in [0.1, 0.15) is 19.8 Å². The van der Waals surface area contributed by atoms with E-state index >= 15 is 0 Å². The molecule has 2 atom stereocenters. The zero-order valence-corrected chi connectivity index (χ0v) is 49.9. The van der Waals surface area contributed by atoms with E-state index in [1.807, 2.05) is 21.1 Å². The largest absolute Gasteiger partial charge is 0.756 e. The Bertz CT molecular complexity index is 1430. The van der Waals surface area contributed by atoms with Gasteiger partial charge in [-0.05, 0) is 77.0 Å². The fourth-order valence-electron chi connectivity index (χ4n) is 8.76. The molecular formula is C64H118NO8P. The van der Waals surface area contributed by atoms with Gasteiger partial charge in [0.25, 0.3) is 7.82 Å². The third kappa shape index (κ3) is 59.0. The summed E-state index contributed by atoms with van der Waals surface area (Å²) in [5.41, 5.74) is 0. The van der Waals surface area contributed by atoms with E-state index in [9.17, 15) is 19.0 Å². The van der Waals surface area contributed by atoms with Crippen LogP contribution in [0, 0.1) is 0 Å². The van der Waals surface area contributed by atoms with Crippen molar-refractivity contribution >= 4 is 19.8 Å². The van der Waals surface area contributed by atoms with E-state index in [0.29, 0.717) is 17.4 Å². The van der Waals surface area contributed by atoms with Crippen LogP contribution in [0.1, 0.15) is 284 Å². The van der Waals surface area contributed by atoms with Crippen LogP contribution in [0.3, 0.4) is 0 Å². The van der Waals surface area contributed by atoms with Gasteiger partial charge >= 0.3 is 11.9 Å². The molecule has 0 aliphatic heterocycles. The highest BCUT2D eigenvalue weighted by Crippen LogP contribution is 2.38. The minimum Gasteiger partial charge on any atom is -0.756 e. The molecule has 0 rings (SSSR count). The van der Waals surface area contributed by atoms with E-state index < -0.39 is 32.5 Å². The molecule has 10 heteroatoms. The molecule has 0 spiro atoms. The Hall–Kier alpha value is -2.29. The number of phosphoric ester groups is 1. The zero-order chi connectivity index (χ0) is 54.2. The standard InChI is InChI=1S/C64H118NO8P/c1-6-8-10-12-14-16-18-20-22-23-24-25-26-27-28-29-30-31-32-33-34-35-36-37-38-39-40-41-43-44-46-48-50-52-54-56-63(66)70-60-62(61-72-74(68,69)71-59-58-65(3,4)5)73-64(67)57-55-53-51-49-47-45-42-21-19-17-15-13-11-9-7-2/h9,11,15,17,21,23-24,42,47,49,62H,6-8,10,12-14,16,18-20,22,25-41,43-46,48,50-61H2,1-5H3/b11-9-,17-15-,24-23-,42-21-,49-47-. The molecule has 0 aromatic heterocycles. The van der Waals surface area contributed by atoms with E-state index in [1.165, 1.54) is 193 Å². The van der Waals surface area contributed by atoms with Gasteiger partial charge in [0.05, 0.1) is 27.7 Å². The number of likely N-dealkylation sites (N-methyl/N-ethyl adjacent to an activating group) is 1. The molecule has 2 unspecified atom stereocenters. The molecule has 0 fully saturated rings. The topological polar surface area (TPSA) is 111 Å². The number of nitrogens with zero attached hydrogens (tertiary/aromatic N) is 1. The lowest BCUT2D eigenvalue weighted by molar-refractivity contribution is -0.870. The van der Waals surface area contributed by atoms with Gasteiger partial charge in [-0.2, -0.15) is 0 Å². The summed E-state index contributed by atoms with van der Waals surface area (Å²) in [6, 6.07) is 0. The van der Waals surface area contributed by atoms with E-state index in [1.54, 1.807) is 0 Å². The van der Waals surface area contributed by atoms with Gasteiger partial charge in [0.2, 0.25) is 0 Å². The van der Waals surface area contributed by atoms with Crippen molar-refractivity contribution in [3.05, 3.63) is 60.8 Å². The van der Waals surface area contributed by atoms with Crippen LogP contribution in [0.15, 0.2) is 60.8 Å². The molecule has 0 heterocycles. The van der Waals surface area contributed by atoms with E-state index in [2.05, 4.69) is 74.6 Å². The predicted octanol–water partition coefficient (Wildman–Crippen LogP) is 18.9. The predicted molar refractivity (Wildman–Crippen MR) is 314 cm³/mol. The molecule has 0 amide bonds. The number of carbonyl (C=O) groups is 2. The first-order chi connectivity index (χ1) is 36.0. The van der Waals surface area contributed by atoms with Crippen molar-refractivity contribution in [3.8, 4) is 0 Å². The normalized spacial score (nSPS) is 13.6. The van der Waals surface area contributed by atoms with Crippen LogP contribution in [0.5, 0.6) is 0 Å². The Balaban J connectivity index is 3.96. The average molecular weight is 1060 g/mol. The summed E-state index contributed by atoms with van der Waals surface area (Å²) in [5, 5.41) is 0. The molecule has 432 valence electrons. The minimum atomic E-state index is -4.65. The summed E-state index contributed by atoms with van der Waals surface area (Å²) in [4.78, 5) is 37.8. The van der Waals surface area contributed by atoms with E-state index in [4.69, 9.17) is 18.5 Å². The fourth-order valence-corrected chi connectivity index (χ4v) is 9.49. The van der Waals surface area contributed by atoms with Crippen LogP contribution in [0.2, 0.25) is 0 Å². The maximum atomic E-state index is 12.7. The molecule has 0 aliphatic carbocycles. The number of quaternary nitrogens is 1. The highest BCUT2D eigenvalue weighted by atomic mass is 31.2. The quantitative estimate of drug-likeness (QED) is 0.0195. The molecule has 74 heavy (non-hydrogen) atoms. The van der Waals surface area contributed by atoms with Crippen LogP contribution in [-0.4, -0.2) is 70.0 Å². The molecule has 0 bridgehead atoms. The first-order valence-corrected chi connectivity index (χ1v) is 32.5. The lowest BCUT2D eigenvalue weighted by Gasteiger charge is -2.28. The number of unbranched alkanes of at least 4 members (excludes halogenated alkanes) is 33. The summed E-state index contributed by atoms with van der Waals surface area (Å²) in [7, 11) is 1.14. The van der Waals surface area contributed by atoms with Gasteiger partial charge in [-0.25, -0.2) is 0 Å². The second-order valence-electron chi connectivity index (χ2n) is 22.0. The van der Waals surface area contributed by atoms with Crippen molar-refractivity contribution < 1.29 is 42.1 Å². The van der Waals surface area contributed by atoms with Gasteiger partial charge in [-0.1, -0.05) is 254 Å². The van der Waals surface area contributed by atoms with Gasteiger partial charge in [-0.3, -0.25) is 14.2 Å². The molecule has 0 aromatic carbocycles. The Labute approximate surface area is 457 Å². The first kappa shape index (κ1) is 71.7. The molecule has 0 aliphatic rings. The van der Waals surface area contributed by atoms with Crippen molar-refractivity contribution in [1.29, 1.82) is 0 Å². The molecule has 9 nitrogen and oxygen atoms in total. The fraction of sp³-hybridized carbons (Fsp3) is 0.812. The van der Waals surface area contributed by atoms with Gasteiger partial charge in [-0.15, -0.1) is 0 Å². The van der Waals surface area contributed by atoms with Crippen molar-refractivity contribution in [2.24, 2.45) is 0 Å². The summed E-state index contributed by atoms with van der Waals surface area (Å²) in [5.74, 6) is -0.875. The summed E-state index contributed by atoms with van der Waals surface area (Å²) < 4.78 is 34.1. The number of ether oxygens (including phenoxy) is 2. The van der Waals surface area contributed by atoms with Crippen LogP contribution in [-0.2, 0) is 32.7 Å². The number of carbonyl (C=O) groups excluding carboxylic acids is 2. The van der Waals surface area contributed by atoms with E-state index in [0.717, 1.165) is 57.8 Å². The molecule has 0 saturated heterocycles. The SMILES string of the molecule is CC/C=C\C/C=C\C/C=C\C/C=C\CCCCC(=O)OC(COC(=O)CCCCCCCCCCCCCCCCCCCCCCCCC/C=C\CCCCCCCCCC)COP(=O)([O-])OCC[N+](C)(C)C. The second-order valence-corrected chi connectivity index (χ2v) is 23.4. The minimum absolute atomic E-state index is 0.0397. The highest BCUT2D eigenvalue weighted by molar-refractivity contribution is 7.45. The summed E-state index contributed by atoms with van der Waals surface area (Å²) in [6.45, 7) is 4.10. The Morgan fingerprint density at radius 3 is 1.19 bits per heavy atom. The third-order valence-corrected chi connectivity index (χ3v) is 14.5. The number of hydrogen-bond acceptors (Lipinski definition) is 8. The highest BCUT2D eigenvalue weighted by Gasteiger charge is 2.22. The van der Waals surface area contributed by atoms with Crippen LogP contribution in [0.25, 0.3) is 0 Å². The third-order valence-electron chi connectivity index (χ3n) is 13.5. The lowest BCUT2D eigenvalue weighted by Crippen LogP contribution is -2.37. The monoisotopic (exact) mass is 1060 g/mol. The van der Waals surface area contributed by atoms with Crippen molar-refractivity contribution in [1.82, 2.24) is 0 Å². The number of allylic oxidation sites excluding steroid dienone is 10. The Kier molecular flexibility index (Phi) is 53.7. The summed E-state index contributed by atoms with van der Waals surface area (Å²) >= 11 is 0. The molecular weight excluding hydrogens is 942 g/mol. The molecule has 0 aromatic rings. The van der Waals surface area contributed by atoms with Crippen molar-refractivity contribution in [2.45, 2.75) is 290 Å². The van der Waals surface area contributed by atoms with Gasteiger partial charge < -0.3 is 27.9 Å². The van der Waals surface area contributed by atoms with Crippen molar-refractivity contribution in [2.75, 3.05) is 47.5 Å². The Morgan fingerprint density at radius 2 is 0.770 bits per heavy atom. The van der Waals surface area contributed by atoms with Gasteiger partial charge in [0, 0.05) is 12.8 Å². The van der Waals surface area contributed by atoms with Crippen LogP contribution >= 0.6 is 7.82 Å². The average Bonchev–Trinajstić information content (AvgIpc) is 3.36. The first-order valence-electron chi connectivity index (χ1n) is 31.0.